The molecule has 0 N–H and O–H groups in total. The summed E-state index contributed by atoms with van der Waals surface area (Å²) in [5, 5.41) is 3.75. The number of hydrogen-bond donors (Lipinski definition) is 0. The lowest BCUT2D eigenvalue weighted by molar-refractivity contribution is 0.103. The van der Waals surface area contributed by atoms with Gasteiger partial charge in [0.15, 0.2) is 11.5 Å². The van der Waals surface area contributed by atoms with Crippen LogP contribution in [0.2, 0.25) is 0 Å². The van der Waals surface area contributed by atoms with Gasteiger partial charge in [-0.3, -0.25) is 9.00 Å². The minimum absolute atomic E-state index is 0.0180. The van der Waals surface area contributed by atoms with Gasteiger partial charge in [0, 0.05) is 21.7 Å². The SMILES string of the molecule is O=C(c1ccc(Br)cc1CCS(=O)[O-])c1cnoc1C1CC1. The van der Waals surface area contributed by atoms with Gasteiger partial charge in [-0.1, -0.05) is 32.2 Å². The number of aryl methyl sites for hydroxylation is 1. The molecule has 0 saturated heterocycles. The van der Waals surface area contributed by atoms with E-state index in [9.17, 15) is 13.6 Å². The molecule has 1 aliphatic carbocycles. The second-order valence-corrected chi connectivity index (χ2v) is 7.20. The third-order valence-electron chi connectivity index (χ3n) is 3.64. The number of benzene rings is 1. The minimum atomic E-state index is -2.14. The average molecular weight is 383 g/mol. The maximum absolute atomic E-state index is 12.8. The van der Waals surface area contributed by atoms with Gasteiger partial charge in [0.1, 0.15) is 0 Å². The third kappa shape index (κ3) is 3.37. The van der Waals surface area contributed by atoms with Crippen molar-refractivity contribution >= 4 is 32.8 Å². The van der Waals surface area contributed by atoms with Crippen LogP contribution in [-0.2, 0) is 17.5 Å². The highest BCUT2D eigenvalue weighted by atomic mass is 79.9. The van der Waals surface area contributed by atoms with Gasteiger partial charge in [-0.15, -0.1) is 0 Å². The fraction of sp³-hybridized carbons (Fsp3) is 0.333. The fourth-order valence-corrected chi connectivity index (χ4v) is 3.18. The van der Waals surface area contributed by atoms with E-state index in [4.69, 9.17) is 4.52 Å². The van der Waals surface area contributed by atoms with Gasteiger partial charge >= 0.3 is 0 Å². The summed E-state index contributed by atoms with van der Waals surface area (Å²) in [5.41, 5.74) is 1.68. The number of halogens is 1. The zero-order valence-corrected chi connectivity index (χ0v) is 14.0. The average Bonchev–Trinajstić information content (AvgIpc) is 3.21. The van der Waals surface area contributed by atoms with E-state index in [1.807, 2.05) is 0 Å². The number of carbonyl (C=O) groups excluding carboxylic acids is 1. The van der Waals surface area contributed by atoms with Gasteiger partial charge in [-0.25, -0.2) is 0 Å². The molecule has 1 aliphatic rings. The predicted octanol–water partition coefficient (Wildman–Crippen LogP) is 2.97. The summed E-state index contributed by atoms with van der Waals surface area (Å²) in [4.78, 5) is 12.8. The van der Waals surface area contributed by atoms with Crippen molar-refractivity contribution in [2.24, 2.45) is 0 Å². The van der Waals surface area contributed by atoms with Crippen LogP contribution in [0.1, 0.15) is 46.0 Å². The molecule has 0 aliphatic heterocycles. The summed E-state index contributed by atoms with van der Waals surface area (Å²) in [6.45, 7) is 0. The van der Waals surface area contributed by atoms with Crippen molar-refractivity contribution in [1.29, 1.82) is 0 Å². The first-order valence-electron chi connectivity index (χ1n) is 6.90. The van der Waals surface area contributed by atoms with Crippen molar-refractivity contribution < 1.29 is 18.1 Å². The Labute approximate surface area is 138 Å². The number of aromatic nitrogens is 1. The zero-order valence-electron chi connectivity index (χ0n) is 11.6. The third-order valence-corrected chi connectivity index (χ3v) is 4.67. The maximum atomic E-state index is 12.8. The Hall–Kier alpha value is -1.31. The van der Waals surface area contributed by atoms with Gasteiger partial charge in [0.25, 0.3) is 0 Å². The highest BCUT2D eigenvalue weighted by Gasteiger charge is 2.33. The number of carbonyl (C=O) groups is 1. The molecule has 0 amide bonds. The topological polar surface area (TPSA) is 83.2 Å². The molecule has 1 saturated carbocycles. The first kappa shape index (κ1) is 15.6. The van der Waals surface area contributed by atoms with Gasteiger partial charge in [0.2, 0.25) is 0 Å². The van der Waals surface area contributed by atoms with Crippen LogP contribution in [0.5, 0.6) is 0 Å². The van der Waals surface area contributed by atoms with Crippen molar-refractivity contribution in [2.75, 3.05) is 5.75 Å². The summed E-state index contributed by atoms with van der Waals surface area (Å²) in [6, 6.07) is 5.26. The normalized spacial score (nSPS) is 15.7. The fourth-order valence-electron chi connectivity index (χ4n) is 2.39. The first-order chi connectivity index (χ1) is 10.6. The molecule has 116 valence electrons. The quantitative estimate of drug-likeness (QED) is 0.566. The van der Waals surface area contributed by atoms with Crippen LogP contribution in [0.3, 0.4) is 0 Å². The largest absolute Gasteiger partial charge is 0.772 e. The summed E-state index contributed by atoms with van der Waals surface area (Å²) >= 11 is 1.21. The molecule has 1 aromatic heterocycles. The molecule has 0 bridgehead atoms. The van der Waals surface area contributed by atoms with Crippen molar-refractivity contribution in [1.82, 2.24) is 5.16 Å². The Bertz CT molecular complexity index is 739. The number of ketones is 1. The van der Waals surface area contributed by atoms with Crippen molar-refractivity contribution in [3.63, 3.8) is 0 Å². The summed E-state index contributed by atoms with van der Waals surface area (Å²) < 4.78 is 27.6. The van der Waals surface area contributed by atoms with Crippen LogP contribution in [0.15, 0.2) is 33.4 Å². The van der Waals surface area contributed by atoms with Crippen LogP contribution in [-0.4, -0.2) is 25.5 Å². The Kier molecular flexibility index (Phi) is 4.56. The molecule has 5 nitrogen and oxygen atoms in total. The van der Waals surface area contributed by atoms with Crippen LogP contribution in [0.25, 0.3) is 0 Å². The Morgan fingerprint density at radius 1 is 1.41 bits per heavy atom. The second kappa shape index (κ2) is 6.44. The summed E-state index contributed by atoms with van der Waals surface area (Å²) in [7, 11) is 0. The van der Waals surface area contributed by atoms with Crippen LogP contribution in [0.4, 0.5) is 0 Å². The molecule has 3 rings (SSSR count). The highest BCUT2D eigenvalue weighted by molar-refractivity contribution is 9.10. The minimum Gasteiger partial charge on any atom is -0.772 e. The molecular weight excluding hydrogens is 370 g/mol. The van der Waals surface area contributed by atoms with E-state index in [-0.39, 0.29) is 17.5 Å². The first-order valence-corrected chi connectivity index (χ1v) is 8.93. The molecule has 1 heterocycles. The Morgan fingerprint density at radius 3 is 2.86 bits per heavy atom. The van der Waals surface area contributed by atoms with Gasteiger partial charge < -0.3 is 9.08 Å². The molecule has 22 heavy (non-hydrogen) atoms. The Balaban J connectivity index is 1.94. The molecule has 2 aromatic rings. The van der Waals surface area contributed by atoms with E-state index in [1.54, 1.807) is 18.2 Å². The molecule has 0 radical (unpaired) electrons. The van der Waals surface area contributed by atoms with Crippen molar-refractivity contribution in [2.45, 2.75) is 25.2 Å². The monoisotopic (exact) mass is 382 g/mol. The predicted molar refractivity (Wildman–Crippen MR) is 83.5 cm³/mol. The van der Waals surface area contributed by atoms with E-state index in [1.165, 1.54) is 6.20 Å². The van der Waals surface area contributed by atoms with E-state index in [2.05, 4.69) is 21.1 Å². The van der Waals surface area contributed by atoms with E-state index in [0.717, 1.165) is 17.3 Å². The van der Waals surface area contributed by atoms with Gasteiger partial charge in [0.05, 0.1) is 11.8 Å². The molecular formula is C15H13BrNO4S-. The summed E-state index contributed by atoms with van der Waals surface area (Å²) in [5.74, 6) is 0.749. The lowest BCUT2D eigenvalue weighted by Gasteiger charge is -2.10. The van der Waals surface area contributed by atoms with E-state index >= 15 is 0 Å². The van der Waals surface area contributed by atoms with Crippen LogP contribution >= 0.6 is 15.9 Å². The maximum Gasteiger partial charge on any atom is 0.198 e. The Morgan fingerprint density at radius 2 is 2.18 bits per heavy atom. The number of hydrogen-bond acceptors (Lipinski definition) is 5. The second-order valence-electron chi connectivity index (χ2n) is 5.27. The van der Waals surface area contributed by atoms with Crippen LogP contribution in [0, 0.1) is 0 Å². The molecule has 1 aromatic carbocycles. The lowest BCUT2D eigenvalue weighted by atomic mass is 9.96. The van der Waals surface area contributed by atoms with E-state index < -0.39 is 11.1 Å². The number of nitrogens with zero attached hydrogens (tertiary/aromatic N) is 1. The molecule has 1 fully saturated rings. The smallest absolute Gasteiger partial charge is 0.198 e. The molecule has 1 atom stereocenters. The number of rotatable bonds is 6. The molecule has 1 unspecified atom stereocenters. The lowest BCUT2D eigenvalue weighted by Crippen LogP contribution is -2.09. The van der Waals surface area contributed by atoms with Gasteiger partial charge in [-0.05, 0) is 43.0 Å². The highest BCUT2D eigenvalue weighted by Crippen LogP contribution is 2.42. The standard InChI is InChI=1S/C15H14BrNO4S/c16-11-3-4-12(10(7-11)5-6-22(19)20)14(18)13-8-17-21-15(13)9-1-2-9/h3-4,7-9H,1-2,5-6H2,(H,19,20)/p-1. The molecule has 7 heteroatoms. The van der Waals surface area contributed by atoms with Gasteiger partial charge in [-0.2, -0.15) is 0 Å². The van der Waals surface area contributed by atoms with Crippen molar-refractivity contribution in [3.8, 4) is 0 Å². The molecule has 0 spiro atoms. The van der Waals surface area contributed by atoms with E-state index in [0.29, 0.717) is 28.9 Å². The zero-order chi connectivity index (χ0) is 15.7. The summed E-state index contributed by atoms with van der Waals surface area (Å²) in [6.07, 6.45) is 3.77. The van der Waals surface area contributed by atoms with Crippen molar-refractivity contribution in [3.05, 3.63) is 51.3 Å². The van der Waals surface area contributed by atoms with Crippen LogP contribution < -0.4 is 0 Å².